The zero-order valence-corrected chi connectivity index (χ0v) is 74.4. The standard InChI is InChI=1S/C26H38O2.C19H28O6.2C19H30O2.C15H24O5/c1-12-13(2)20-11-19(12)23-16-9-21(24(20)23)22(10-16)25(27)28-26(3)17-5-14-4-15(7-17)8-18(26)6-14;1-9-10(2)12-8-11(9)14(15(12)18(22)25-19(3,4)5)17(21)24-13-6-7-23-16(13)20;2*1-9-10(2)13-8-12(9)16-11-6-14(17(13)16)15(7-11)18(20)21-19(3,4)5;1-5-19-9(4)20-15(18)13-11-6-10(7(2)8(11)3)12(13)14(16)17/h12-24H,4-11H2,1-3H3;9-15H,6-8H2,1-5H3;2*9-17H,6-8H2,1-5H3;7-13H,5-6H2,1-4H3,(H,16,17). The fourth-order valence-electron chi connectivity index (χ4n) is 33.8. The summed E-state index contributed by atoms with van der Waals surface area (Å²) in [7, 11) is 0. The minimum Gasteiger partial charge on any atom is -0.481 e. The first-order chi connectivity index (χ1) is 54.0. The molecule has 20 saturated carbocycles. The van der Waals surface area contributed by atoms with Crippen molar-refractivity contribution in [3.8, 4) is 0 Å². The van der Waals surface area contributed by atoms with E-state index < -0.39 is 65.5 Å². The van der Waals surface area contributed by atoms with E-state index in [9.17, 15) is 43.5 Å². The molecule has 1 N–H and O–H groups in total. The highest BCUT2D eigenvalue weighted by molar-refractivity contribution is 5.87. The van der Waals surface area contributed by atoms with E-state index in [4.69, 9.17) is 37.9 Å². The maximum Gasteiger partial charge on any atom is 0.347 e. The number of cyclic esters (lactones) is 1. The van der Waals surface area contributed by atoms with E-state index in [1.165, 1.54) is 70.6 Å². The highest BCUT2D eigenvalue weighted by Gasteiger charge is 2.72. The predicted octanol–water partition coefficient (Wildman–Crippen LogP) is 18.3. The Kier molecular flexibility index (Phi) is 22.5. The lowest BCUT2D eigenvalue weighted by Crippen LogP contribution is -2.58. The van der Waals surface area contributed by atoms with E-state index in [0.29, 0.717) is 66.3 Å². The molecule has 0 aromatic rings. The number of carbonyl (C=O) groups excluding carboxylic acids is 7. The molecule has 20 aliphatic carbocycles. The Bertz CT molecular complexity index is 3570. The Morgan fingerprint density at radius 2 is 0.722 bits per heavy atom. The SMILES string of the molecule is CC1C(C)C2CC1C(C(=O)OC1CCOC1=O)C2C(=O)OC(C)(C)C.CC1C(C)C2CC1C1C3CC(C(=O)OC(C)(C)C)C(C3)C21.CC1C(C)C2CC1C1C3CC(C(=O)OC(C)(C)C)C(C3)C21.CC1C(C)C2CC1C1C3CC(C(=O)OC4(C)C5CC6CC(C5)CC4C6)C(C3)C21.CCOC(C)OC(=O)C1C2CC(C(C)C2C)C1C(=O)O. The zero-order valence-electron chi connectivity index (χ0n) is 74.4. The Hall–Kier alpha value is -4.28. The molecule has 644 valence electrons. The van der Waals surface area contributed by atoms with Crippen molar-refractivity contribution in [2.24, 2.45) is 254 Å². The summed E-state index contributed by atoms with van der Waals surface area (Å²) >= 11 is 0. The van der Waals surface area contributed by atoms with Crippen molar-refractivity contribution in [2.75, 3.05) is 13.2 Å². The minimum absolute atomic E-state index is 0.0902. The van der Waals surface area contributed by atoms with Crippen LogP contribution in [0.2, 0.25) is 0 Å². The van der Waals surface area contributed by atoms with Crippen molar-refractivity contribution in [1.82, 2.24) is 0 Å². The van der Waals surface area contributed by atoms with Crippen molar-refractivity contribution >= 4 is 47.8 Å². The van der Waals surface area contributed by atoms with Crippen LogP contribution in [0.3, 0.4) is 0 Å². The maximum atomic E-state index is 13.6. The summed E-state index contributed by atoms with van der Waals surface area (Å²) < 4.78 is 44.4. The van der Waals surface area contributed by atoms with Crippen LogP contribution in [0.25, 0.3) is 0 Å². The number of hydrogen-bond acceptors (Lipinski definition) is 16. The highest BCUT2D eigenvalue weighted by Crippen LogP contribution is 2.75. The highest BCUT2D eigenvalue weighted by atomic mass is 16.7. The van der Waals surface area contributed by atoms with Crippen molar-refractivity contribution in [3.63, 3.8) is 0 Å². The third-order valence-corrected chi connectivity index (χ3v) is 38.7. The van der Waals surface area contributed by atoms with Gasteiger partial charge in [0.25, 0.3) is 0 Å². The van der Waals surface area contributed by atoms with Crippen LogP contribution in [0.15, 0.2) is 0 Å². The number of carbonyl (C=O) groups is 8. The average Bonchev–Trinajstić information content (AvgIpc) is 1.55. The molecule has 115 heavy (non-hydrogen) atoms. The lowest BCUT2D eigenvalue weighted by molar-refractivity contribution is -0.209. The first-order valence-electron chi connectivity index (χ1n) is 47.3. The van der Waals surface area contributed by atoms with Gasteiger partial charge in [-0.15, -0.1) is 0 Å². The number of carboxylic acids is 1. The summed E-state index contributed by atoms with van der Waals surface area (Å²) in [6, 6.07) is 0. The molecule has 0 amide bonds. The van der Waals surface area contributed by atoms with Crippen LogP contribution in [0.1, 0.15) is 261 Å². The molecule has 0 aromatic heterocycles. The van der Waals surface area contributed by atoms with Crippen LogP contribution >= 0.6 is 0 Å². The smallest absolute Gasteiger partial charge is 0.347 e. The predicted molar refractivity (Wildman–Crippen MR) is 433 cm³/mol. The fourth-order valence-corrected chi connectivity index (χ4v) is 33.8. The van der Waals surface area contributed by atoms with Gasteiger partial charge >= 0.3 is 47.8 Å². The van der Waals surface area contributed by atoms with Gasteiger partial charge in [-0.25, -0.2) is 4.79 Å². The van der Waals surface area contributed by atoms with E-state index in [0.717, 1.165) is 168 Å². The van der Waals surface area contributed by atoms with Gasteiger partial charge in [-0.3, -0.25) is 33.6 Å². The average molecular weight is 1600 g/mol. The van der Waals surface area contributed by atoms with Gasteiger partial charge in [-0.2, -0.15) is 0 Å². The molecular weight excluding hydrogens is 1450 g/mol. The van der Waals surface area contributed by atoms with Gasteiger partial charge in [0.05, 0.1) is 48.0 Å². The molecule has 0 radical (unpaired) electrons. The van der Waals surface area contributed by atoms with E-state index >= 15 is 0 Å². The maximum absolute atomic E-state index is 13.6. The zero-order chi connectivity index (χ0) is 82.7. The molecule has 1 saturated heterocycles. The largest absolute Gasteiger partial charge is 0.481 e. The second kappa shape index (κ2) is 30.6. The van der Waals surface area contributed by atoms with E-state index in [1.807, 2.05) is 69.2 Å². The van der Waals surface area contributed by atoms with E-state index in [2.05, 4.69) is 76.2 Å². The number of carboxylic acid groups (broad SMARTS) is 1. The van der Waals surface area contributed by atoms with Gasteiger partial charge in [0.2, 0.25) is 6.10 Å². The van der Waals surface area contributed by atoms with Gasteiger partial charge in [0, 0.05) is 13.0 Å². The number of esters is 7. The first-order valence-corrected chi connectivity index (χ1v) is 47.3. The Labute approximate surface area is 689 Å². The number of hydrogen-bond donors (Lipinski definition) is 1. The lowest BCUT2D eigenvalue weighted by atomic mass is 9.50. The van der Waals surface area contributed by atoms with Crippen molar-refractivity contribution < 1.29 is 81.4 Å². The van der Waals surface area contributed by atoms with E-state index in [1.54, 1.807) is 6.92 Å². The van der Waals surface area contributed by atoms with Crippen LogP contribution in [0.5, 0.6) is 0 Å². The summed E-state index contributed by atoms with van der Waals surface area (Å²) in [6.45, 7) is 47.3. The topological polar surface area (TPSA) is 231 Å². The Morgan fingerprint density at radius 1 is 0.400 bits per heavy atom. The molecule has 21 fully saturated rings. The van der Waals surface area contributed by atoms with Gasteiger partial charge in [0.15, 0.2) is 6.29 Å². The fraction of sp³-hybridized carbons (Fsp3) is 0.918. The molecule has 0 spiro atoms. The third kappa shape index (κ3) is 14.5. The van der Waals surface area contributed by atoms with Gasteiger partial charge in [0.1, 0.15) is 22.4 Å². The van der Waals surface area contributed by atoms with Crippen molar-refractivity contribution in [3.05, 3.63) is 0 Å². The summed E-state index contributed by atoms with van der Waals surface area (Å²) in [5, 5.41) is 9.46. The number of fused-ring (bicyclic) bond motifs is 31. The molecule has 41 atom stereocenters. The van der Waals surface area contributed by atoms with Gasteiger partial charge in [-0.05, 0) is 399 Å². The molecule has 17 nitrogen and oxygen atoms in total. The minimum atomic E-state index is -0.873. The summed E-state index contributed by atoms with van der Waals surface area (Å²) in [5.41, 5.74) is -1.41. The molecule has 21 aliphatic rings. The third-order valence-electron chi connectivity index (χ3n) is 38.7. The van der Waals surface area contributed by atoms with Crippen LogP contribution in [0, 0.1) is 254 Å². The second-order valence-corrected chi connectivity index (χ2v) is 46.7. The molecule has 1 heterocycles. The molecule has 21 rings (SSSR count). The Morgan fingerprint density at radius 3 is 1.07 bits per heavy atom. The monoisotopic (exact) mass is 1600 g/mol. The van der Waals surface area contributed by atoms with Crippen LogP contribution < -0.4 is 0 Å². The quantitative estimate of drug-likeness (QED) is 0.0828. The molecule has 0 aromatic carbocycles. The summed E-state index contributed by atoms with van der Waals surface area (Å²) in [5.74, 6) is 22.2. The van der Waals surface area contributed by atoms with Gasteiger partial charge < -0.3 is 43.0 Å². The van der Waals surface area contributed by atoms with Crippen molar-refractivity contribution in [1.29, 1.82) is 0 Å². The molecule has 41 unspecified atom stereocenters. The normalized spacial score (nSPS) is 51.4. The van der Waals surface area contributed by atoms with Crippen LogP contribution in [0.4, 0.5) is 0 Å². The summed E-state index contributed by atoms with van der Waals surface area (Å²) in [6.07, 6.45) is 19.1. The molecule has 17 heteroatoms. The lowest BCUT2D eigenvalue weighted by Gasteiger charge is -2.59. The molecule has 20 bridgehead atoms. The second-order valence-electron chi connectivity index (χ2n) is 46.7. The number of ether oxygens (including phenoxy) is 8. The number of rotatable bonds is 12. The first kappa shape index (κ1) is 84.3. The van der Waals surface area contributed by atoms with Crippen molar-refractivity contribution in [2.45, 2.75) is 296 Å². The number of aliphatic carboxylic acids is 1. The Balaban J connectivity index is 0.000000109. The molecular formula is C98H150O17. The summed E-state index contributed by atoms with van der Waals surface area (Å²) in [4.78, 5) is 99.8. The van der Waals surface area contributed by atoms with E-state index in [-0.39, 0.29) is 88.7 Å². The molecule has 1 aliphatic heterocycles. The van der Waals surface area contributed by atoms with Crippen LogP contribution in [-0.2, 0) is 76.3 Å². The van der Waals surface area contributed by atoms with Gasteiger partial charge in [-0.1, -0.05) is 69.2 Å². The van der Waals surface area contributed by atoms with Crippen LogP contribution in [-0.4, -0.2) is 101 Å².